The van der Waals surface area contributed by atoms with E-state index in [1.54, 1.807) is 0 Å². The largest absolute Gasteiger partial charge is 0.491 e. The number of thioether (sulfide) groups is 1. The third-order valence-electron chi connectivity index (χ3n) is 7.06. The first kappa shape index (κ1) is 30.0. The second-order valence-electron chi connectivity index (χ2n) is 10.4. The minimum Gasteiger partial charge on any atom is -0.491 e. The summed E-state index contributed by atoms with van der Waals surface area (Å²) in [6, 6.07) is 24.7. The fourth-order valence-electron chi connectivity index (χ4n) is 4.67. The average Bonchev–Trinajstić information content (AvgIpc) is 2.94. The molecule has 0 aliphatic rings. The van der Waals surface area contributed by atoms with Gasteiger partial charge in [0.1, 0.15) is 5.75 Å². The van der Waals surface area contributed by atoms with Gasteiger partial charge < -0.3 is 4.74 Å². The summed E-state index contributed by atoms with van der Waals surface area (Å²) >= 11 is 1.30. The van der Waals surface area contributed by atoms with Gasteiger partial charge in [-0.1, -0.05) is 102 Å². The van der Waals surface area contributed by atoms with Gasteiger partial charge in [0.25, 0.3) is 0 Å². The summed E-state index contributed by atoms with van der Waals surface area (Å²) < 4.78 is 6.09. The molecule has 3 rings (SSSR count). The standard InChI is InChI=1S/C35H46O2S/c1-4-6-8-10-11-13-15-29-16-26-34(27-17-29)38-35(36)32-20-18-30(19-21-32)31-22-24-33(25-23-31)37-28(3)14-12-9-7-5-2/h16-28H,4-15H2,1-3H3. The van der Waals surface area contributed by atoms with E-state index in [9.17, 15) is 4.79 Å². The Bertz CT molecular complexity index is 1050. The lowest BCUT2D eigenvalue weighted by Crippen LogP contribution is -2.11. The number of ether oxygens (including phenoxy) is 1. The predicted molar refractivity (Wildman–Crippen MR) is 164 cm³/mol. The highest BCUT2D eigenvalue weighted by Crippen LogP contribution is 2.27. The lowest BCUT2D eigenvalue weighted by atomic mass is 10.0. The average molecular weight is 531 g/mol. The molecule has 38 heavy (non-hydrogen) atoms. The first-order valence-electron chi connectivity index (χ1n) is 14.8. The van der Waals surface area contributed by atoms with E-state index in [2.05, 4.69) is 57.2 Å². The number of carbonyl (C=O) groups excluding carboxylic acids is 1. The predicted octanol–water partition coefficient (Wildman–Crippen LogP) is 10.9. The number of unbranched alkanes of at least 4 members (excludes halogenated alkanes) is 8. The highest BCUT2D eigenvalue weighted by Gasteiger charge is 2.10. The van der Waals surface area contributed by atoms with E-state index in [0.29, 0.717) is 0 Å². The van der Waals surface area contributed by atoms with Crippen molar-refractivity contribution >= 4 is 16.9 Å². The molecule has 0 saturated heterocycles. The van der Waals surface area contributed by atoms with Gasteiger partial charge in [-0.25, -0.2) is 0 Å². The molecule has 3 aromatic carbocycles. The zero-order valence-corrected chi connectivity index (χ0v) is 24.5. The van der Waals surface area contributed by atoms with Gasteiger partial charge in [-0.3, -0.25) is 4.79 Å². The van der Waals surface area contributed by atoms with E-state index >= 15 is 0 Å². The molecule has 0 fully saturated rings. The van der Waals surface area contributed by atoms with Crippen molar-refractivity contribution in [3.05, 3.63) is 83.9 Å². The number of benzene rings is 3. The van der Waals surface area contributed by atoms with Crippen LogP contribution in [-0.4, -0.2) is 11.2 Å². The lowest BCUT2D eigenvalue weighted by molar-refractivity contribution is 0.108. The molecule has 0 aliphatic heterocycles. The number of rotatable bonds is 17. The Morgan fingerprint density at radius 1 is 0.684 bits per heavy atom. The highest BCUT2D eigenvalue weighted by atomic mass is 32.2. The van der Waals surface area contributed by atoms with Crippen LogP contribution < -0.4 is 4.74 Å². The van der Waals surface area contributed by atoms with Crippen molar-refractivity contribution in [1.82, 2.24) is 0 Å². The van der Waals surface area contributed by atoms with Crippen LogP contribution in [-0.2, 0) is 6.42 Å². The fraction of sp³-hybridized carbons (Fsp3) is 0.457. The molecule has 0 spiro atoms. The van der Waals surface area contributed by atoms with Crippen molar-refractivity contribution in [2.75, 3.05) is 0 Å². The van der Waals surface area contributed by atoms with Gasteiger partial charge in [-0.15, -0.1) is 0 Å². The molecule has 1 unspecified atom stereocenters. The number of carbonyl (C=O) groups is 1. The summed E-state index contributed by atoms with van der Waals surface area (Å²) in [5.41, 5.74) is 4.32. The minimum atomic E-state index is 0.0805. The Kier molecular flexibility index (Phi) is 13.5. The number of aryl methyl sites for hydroxylation is 1. The van der Waals surface area contributed by atoms with Gasteiger partial charge >= 0.3 is 0 Å². The monoisotopic (exact) mass is 530 g/mol. The van der Waals surface area contributed by atoms with Gasteiger partial charge in [-0.2, -0.15) is 0 Å². The van der Waals surface area contributed by atoms with Crippen LogP contribution in [0.15, 0.2) is 77.7 Å². The summed E-state index contributed by atoms with van der Waals surface area (Å²) in [6.45, 7) is 6.65. The second kappa shape index (κ2) is 17.1. The van der Waals surface area contributed by atoms with Crippen LogP contribution in [0.25, 0.3) is 11.1 Å². The smallest absolute Gasteiger partial charge is 0.224 e. The quantitative estimate of drug-likeness (QED) is 0.128. The maximum Gasteiger partial charge on any atom is 0.224 e. The van der Waals surface area contributed by atoms with Crippen LogP contribution in [0.5, 0.6) is 5.75 Å². The SMILES string of the molecule is CCCCCCCCc1ccc(SC(=O)c2ccc(-c3ccc(OC(C)CCCCCC)cc3)cc2)cc1. The van der Waals surface area contributed by atoms with Crippen LogP contribution in [0.3, 0.4) is 0 Å². The molecule has 0 radical (unpaired) electrons. The Balaban J connectivity index is 1.45. The molecule has 0 amide bonds. The maximum absolute atomic E-state index is 12.8. The maximum atomic E-state index is 12.8. The minimum absolute atomic E-state index is 0.0805. The van der Waals surface area contributed by atoms with E-state index in [1.165, 1.54) is 81.5 Å². The molecule has 204 valence electrons. The van der Waals surface area contributed by atoms with Crippen LogP contribution >= 0.6 is 11.8 Å². The molecule has 2 nitrogen and oxygen atoms in total. The molecule has 0 aromatic heterocycles. The van der Waals surface area contributed by atoms with Gasteiger partial charge in [0, 0.05) is 10.5 Å². The van der Waals surface area contributed by atoms with Crippen molar-refractivity contribution in [3.63, 3.8) is 0 Å². The van der Waals surface area contributed by atoms with Gasteiger partial charge in [-0.05, 0) is 97.5 Å². The molecule has 0 aliphatic carbocycles. The Hall–Kier alpha value is -2.52. The summed E-state index contributed by atoms with van der Waals surface area (Å²) in [5, 5.41) is 0.0805. The van der Waals surface area contributed by atoms with Gasteiger partial charge in [0.15, 0.2) is 0 Å². The van der Waals surface area contributed by atoms with Crippen molar-refractivity contribution in [2.45, 2.75) is 109 Å². The van der Waals surface area contributed by atoms with Crippen LogP contribution in [0.4, 0.5) is 0 Å². The molecule has 0 heterocycles. The van der Waals surface area contributed by atoms with Crippen molar-refractivity contribution in [1.29, 1.82) is 0 Å². The number of hydrogen-bond donors (Lipinski definition) is 0. The Morgan fingerprint density at radius 2 is 1.24 bits per heavy atom. The summed E-state index contributed by atoms with van der Waals surface area (Å²) in [7, 11) is 0. The van der Waals surface area contributed by atoms with E-state index in [1.807, 2.05) is 36.4 Å². The highest BCUT2D eigenvalue weighted by molar-refractivity contribution is 8.14. The third-order valence-corrected chi connectivity index (χ3v) is 7.99. The molecule has 1 atom stereocenters. The molecule has 0 saturated carbocycles. The normalized spacial score (nSPS) is 11.9. The van der Waals surface area contributed by atoms with Gasteiger partial charge in [0.2, 0.25) is 5.12 Å². The Labute approximate surface area is 235 Å². The molecular formula is C35H46O2S. The van der Waals surface area contributed by atoms with E-state index in [0.717, 1.165) is 40.2 Å². The molecule has 0 bridgehead atoms. The molecule has 3 aromatic rings. The fourth-order valence-corrected chi connectivity index (χ4v) is 5.41. The van der Waals surface area contributed by atoms with E-state index in [4.69, 9.17) is 4.74 Å². The number of hydrogen-bond acceptors (Lipinski definition) is 3. The van der Waals surface area contributed by atoms with E-state index in [-0.39, 0.29) is 11.2 Å². The third kappa shape index (κ3) is 10.7. The van der Waals surface area contributed by atoms with Crippen molar-refractivity contribution in [3.8, 4) is 16.9 Å². The summed E-state index contributed by atoms with van der Waals surface area (Å²) in [5.74, 6) is 0.915. The van der Waals surface area contributed by atoms with E-state index < -0.39 is 0 Å². The van der Waals surface area contributed by atoms with Crippen molar-refractivity contribution in [2.24, 2.45) is 0 Å². The lowest BCUT2D eigenvalue weighted by Gasteiger charge is -2.15. The first-order valence-corrected chi connectivity index (χ1v) is 15.6. The summed E-state index contributed by atoms with van der Waals surface area (Å²) in [6.07, 6.45) is 15.4. The van der Waals surface area contributed by atoms with Crippen LogP contribution in [0, 0.1) is 0 Å². The van der Waals surface area contributed by atoms with Crippen molar-refractivity contribution < 1.29 is 9.53 Å². The second-order valence-corrected chi connectivity index (χ2v) is 11.5. The Morgan fingerprint density at radius 3 is 1.87 bits per heavy atom. The van der Waals surface area contributed by atoms with Crippen LogP contribution in [0.1, 0.15) is 107 Å². The van der Waals surface area contributed by atoms with Crippen LogP contribution in [0.2, 0.25) is 0 Å². The zero-order valence-electron chi connectivity index (χ0n) is 23.7. The molecular weight excluding hydrogens is 484 g/mol. The summed E-state index contributed by atoms with van der Waals surface area (Å²) in [4.78, 5) is 13.9. The first-order chi connectivity index (χ1) is 18.6. The zero-order chi connectivity index (χ0) is 27.0. The van der Waals surface area contributed by atoms with Gasteiger partial charge in [0.05, 0.1) is 6.10 Å². The topological polar surface area (TPSA) is 26.3 Å². The molecule has 3 heteroatoms. The molecule has 0 N–H and O–H groups in total.